The number of primary amides is 1. The molecule has 88 valence electrons. The van der Waals surface area contributed by atoms with Gasteiger partial charge in [0.25, 0.3) is 5.91 Å². The molecule has 0 saturated carbocycles. The van der Waals surface area contributed by atoms with Gasteiger partial charge in [0.15, 0.2) is 5.69 Å². The van der Waals surface area contributed by atoms with Crippen LogP contribution in [-0.4, -0.2) is 28.0 Å². The Labute approximate surface area is 98.0 Å². The Morgan fingerprint density at radius 2 is 2.12 bits per heavy atom. The number of hydrogen-bond acceptors (Lipinski definition) is 4. The number of carbonyl (C=O) groups excluding carboxylic acids is 1. The van der Waals surface area contributed by atoms with Crippen molar-refractivity contribution in [2.24, 2.45) is 5.73 Å². The molecule has 1 aromatic carbocycles. The van der Waals surface area contributed by atoms with Crippen LogP contribution in [0.2, 0.25) is 0 Å². The average Bonchev–Trinajstić information content (AvgIpc) is 2.79. The van der Waals surface area contributed by atoms with E-state index in [-0.39, 0.29) is 5.69 Å². The van der Waals surface area contributed by atoms with Gasteiger partial charge in [-0.25, -0.2) is 4.68 Å². The minimum absolute atomic E-state index is 0.165. The molecular formula is C11H12N4O2. The van der Waals surface area contributed by atoms with Gasteiger partial charge in [-0.05, 0) is 17.7 Å². The summed E-state index contributed by atoms with van der Waals surface area (Å²) in [5, 5.41) is 7.47. The maximum absolute atomic E-state index is 10.8. The second kappa shape index (κ2) is 4.65. The molecule has 17 heavy (non-hydrogen) atoms. The number of aromatic nitrogens is 3. The van der Waals surface area contributed by atoms with E-state index in [1.807, 2.05) is 24.3 Å². The average molecular weight is 232 g/mol. The summed E-state index contributed by atoms with van der Waals surface area (Å²) < 4.78 is 6.62. The van der Waals surface area contributed by atoms with Crippen LogP contribution in [0, 0.1) is 0 Å². The molecule has 0 spiro atoms. The van der Waals surface area contributed by atoms with Gasteiger partial charge in [0.2, 0.25) is 0 Å². The van der Waals surface area contributed by atoms with Crippen LogP contribution in [0.15, 0.2) is 30.5 Å². The third kappa shape index (κ3) is 2.60. The van der Waals surface area contributed by atoms with Gasteiger partial charge in [-0.15, -0.1) is 5.10 Å². The van der Waals surface area contributed by atoms with Gasteiger partial charge in [-0.1, -0.05) is 17.3 Å². The van der Waals surface area contributed by atoms with Crippen molar-refractivity contribution >= 4 is 5.91 Å². The van der Waals surface area contributed by atoms with Crippen LogP contribution in [-0.2, 0) is 6.54 Å². The number of nitrogens with zero attached hydrogens (tertiary/aromatic N) is 3. The normalized spacial score (nSPS) is 10.2. The zero-order valence-electron chi connectivity index (χ0n) is 9.33. The Morgan fingerprint density at radius 3 is 2.65 bits per heavy atom. The Bertz CT molecular complexity index is 519. The summed E-state index contributed by atoms with van der Waals surface area (Å²) in [5.41, 5.74) is 6.29. The van der Waals surface area contributed by atoms with Crippen LogP contribution >= 0.6 is 0 Å². The number of amides is 1. The summed E-state index contributed by atoms with van der Waals surface area (Å²) in [5.74, 6) is 0.219. The van der Waals surface area contributed by atoms with E-state index in [0.29, 0.717) is 6.54 Å². The lowest BCUT2D eigenvalue weighted by atomic mass is 10.2. The molecule has 1 aromatic heterocycles. The first-order valence-corrected chi connectivity index (χ1v) is 5.02. The first kappa shape index (κ1) is 11.1. The number of methoxy groups -OCH3 is 1. The Morgan fingerprint density at radius 1 is 1.41 bits per heavy atom. The lowest BCUT2D eigenvalue weighted by Crippen LogP contribution is -2.11. The van der Waals surface area contributed by atoms with Crippen LogP contribution in [0.25, 0.3) is 0 Å². The molecule has 0 saturated heterocycles. The lowest BCUT2D eigenvalue weighted by molar-refractivity contribution is 0.0995. The molecule has 0 atom stereocenters. The van der Waals surface area contributed by atoms with Gasteiger partial charge >= 0.3 is 0 Å². The SMILES string of the molecule is COc1ccc(Cn2cc(C(N)=O)nn2)cc1. The fraction of sp³-hybridized carbons (Fsp3) is 0.182. The molecule has 0 aliphatic heterocycles. The minimum atomic E-state index is -0.578. The number of nitrogens with two attached hydrogens (primary N) is 1. The zero-order chi connectivity index (χ0) is 12.3. The number of hydrogen-bond donors (Lipinski definition) is 1. The van der Waals surface area contributed by atoms with Crippen molar-refractivity contribution in [2.75, 3.05) is 7.11 Å². The van der Waals surface area contributed by atoms with Gasteiger partial charge in [-0.2, -0.15) is 0 Å². The van der Waals surface area contributed by atoms with Crippen molar-refractivity contribution in [1.29, 1.82) is 0 Å². The van der Waals surface area contributed by atoms with Gasteiger partial charge in [-0.3, -0.25) is 4.79 Å². The van der Waals surface area contributed by atoms with Crippen molar-refractivity contribution in [3.8, 4) is 5.75 Å². The molecule has 0 radical (unpaired) electrons. The fourth-order valence-electron chi connectivity index (χ4n) is 1.41. The van der Waals surface area contributed by atoms with Crippen LogP contribution < -0.4 is 10.5 Å². The summed E-state index contributed by atoms with van der Waals surface area (Å²) >= 11 is 0. The Hall–Kier alpha value is -2.37. The molecular weight excluding hydrogens is 220 g/mol. The number of carbonyl (C=O) groups is 1. The summed E-state index contributed by atoms with van der Waals surface area (Å²) in [6, 6.07) is 7.57. The van der Waals surface area contributed by atoms with E-state index in [9.17, 15) is 4.79 Å². The molecule has 2 aromatic rings. The van der Waals surface area contributed by atoms with Gasteiger partial charge < -0.3 is 10.5 Å². The maximum atomic E-state index is 10.8. The first-order valence-electron chi connectivity index (χ1n) is 5.02. The summed E-state index contributed by atoms with van der Waals surface area (Å²) in [6.07, 6.45) is 1.52. The molecule has 0 bridgehead atoms. The van der Waals surface area contributed by atoms with Crippen LogP contribution in [0.4, 0.5) is 0 Å². The zero-order valence-corrected chi connectivity index (χ0v) is 9.33. The molecule has 6 heteroatoms. The highest BCUT2D eigenvalue weighted by Crippen LogP contribution is 2.11. The molecule has 6 nitrogen and oxygen atoms in total. The molecule has 0 unspecified atom stereocenters. The van der Waals surface area contributed by atoms with Gasteiger partial charge in [0, 0.05) is 0 Å². The molecule has 2 N–H and O–H groups in total. The fourth-order valence-corrected chi connectivity index (χ4v) is 1.41. The standard InChI is InChI=1S/C11H12N4O2/c1-17-9-4-2-8(3-5-9)6-15-7-10(11(12)16)13-14-15/h2-5,7H,6H2,1H3,(H2,12,16). The summed E-state index contributed by atoms with van der Waals surface area (Å²) in [6.45, 7) is 0.532. The minimum Gasteiger partial charge on any atom is -0.497 e. The van der Waals surface area contributed by atoms with Crippen molar-refractivity contribution < 1.29 is 9.53 Å². The predicted molar refractivity (Wildman–Crippen MR) is 60.6 cm³/mol. The van der Waals surface area contributed by atoms with Crippen molar-refractivity contribution in [2.45, 2.75) is 6.54 Å². The second-order valence-electron chi connectivity index (χ2n) is 3.51. The Balaban J connectivity index is 2.11. The molecule has 1 heterocycles. The number of benzene rings is 1. The van der Waals surface area contributed by atoms with E-state index in [2.05, 4.69) is 10.3 Å². The topological polar surface area (TPSA) is 83.0 Å². The highest BCUT2D eigenvalue weighted by Gasteiger charge is 2.06. The maximum Gasteiger partial charge on any atom is 0.270 e. The summed E-state index contributed by atoms with van der Waals surface area (Å²) in [7, 11) is 1.62. The second-order valence-corrected chi connectivity index (χ2v) is 3.51. The van der Waals surface area contributed by atoms with Crippen LogP contribution in [0.3, 0.4) is 0 Å². The van der Waals surface area contributed by atoms with E-state index in [1.54, 1.807) is 11.8 Å². The molecule has 0 aliphatic rings. The van der Waals surface area contributed by atoms with Crippen LogP contribution in [0.5, 0.6) is 5.75 Å². The van der Waals surface area contributed by atoms with E-state index >= 15 is 0 Å². The molecule has 2 rings (SSSR count). The Kier molecular flexibility index (Phi) is 3.04. The monoisotopic (exact) mass is 232 g/mol. The number of ether oxygens (including phenoxy) is 1. The van der Waals surface area contributed by atoms with E-state index in [4.69, 9.17) is 10.5 Å². The first-order chi connectivity index (χ1) is 8.19. The van der Waals surface area contributed by atoms with Crippen LogP contribution in [0.1, 0.15) is 16.1 Å². The van der Waals surface area contributed by atoms with E-state index < -0.39 is 5.91 Å². The van der Waals surface area contributed by atoms with Crippen molar-refractivity contribution in [1.82, 2.24) is 15.0 Å². The van der Waals surface area contributed by atoms with E-state index in [0.717, 1.165) is 11.3 Å². The predicted octanol–water partition coefficient (Wildman–Crippen LogP) is 0.434. The lowest BCUT2D eigenvalue weighted by Gasteiger charge is -2.02. The smallest absolute Gasteiger partial charge is 0.270 e. The molecule has 0 aliphatic carbocycles. The van der Waals surface area contributed by atoms with Gasteiger partial charge in [0.05, 0.1) is 19.9 Å². The highest BCUT2D eigenvalue weighted by molar-refractivity contribution is 5.90. The van der Waals surface area contributed by atoms with E-state index in [1.165, 1.54) is 6.20 Å². The summed E-state index contributed by atoms with van der Waals surface area (Å²) in [4.78, 5) is 10.8. The van der Waals surface area contributed by atoms with Gasteiger partial charge in [0.1, 0.15) is 5.75 Å². The quantitative estimate of drug-likeness (QED) is 0.828. The van der Waals surface area contributed by atoms with Crippen molar-refractivity contribution in [3.05, 3.63) is 41.7 Å². The molecule has 0 fully saturated rings. The highest BCUT2D eigenvalue weighted by atomic mass is 16.5. The largest absolute Gasteiger partial charge is 0.497 e. The molecule has 1 amide bonds. The third-order valence-electron chi connectivity index (χ3n) is 2.29. The third-order valence-corrected chi connectivity index (χ3v) is 2.29. The number of rotatable bonds is 4. The van der Waals surface area contributed by atoms with Crippen molar-refractivity contribution in [3.63, 3.8) is 0 Å².